The van der Waals surface area contributed by atoms with Gasteiger partial charge in [-0.25, -0.2) is 21.6 Å². The summed E-state index contributed by atoms with van der Waals surface area (Å²) in [5.41, 5.74) is -0.123. The van der Waals surface area contributed by atoms with Crippen LogP contribution in [0.15, 0.2) is 29.2 Å². The summed E-state index contributed by atoms with van der Waals surface area (Å²) in [6, 6.07) is 3.70. The van der Waals surface area contributed by atoms with E-state index in [4.69, 9.17) is 0 Å². The van der Waals surface area contributed by atoms with E-state index in [1.807, 2.05) is 4.72 Å². The summed E-state index contributed by atoms with van der Waals surface area (Å²) in [5.74, 6) is -4.48. The fourth-order valence-corrected chi connectivity index (χ4v) is 4.76. The van der Waals surface area contributed by atoms with Crippen molar-refractivity contribution in [3.63, 3.8) is 0 Å². The highest BCUT2D eigenvalue weighted by Crippen LogP contribution is 2.23. The summed E-state index contributed by atoms with van der Waals surface area (Å²) in [6.07, 6.45) is 3.47. The molecule has 0 bridgehead atoms. The SMILES string of the molecule is O=C(NS(=O)(=O)C1CCCCC1)c1ccc(S(=O)(=O)C(F)F)cc1. The zero-order chi connectivity index (χ0) is 18.0. The average molecular weight is 381 g/mol. The minimum Gasteiger partial charge on any atom is -0.268 e. The third-order valence-corrected chi connectivity index (χ3v) is 7.12. The van der Waals surface area contributed by atoms with Crippen LogP contribution in [0.2, 0.25) is 0 Å². The van der Waals surface area contributed by atoms with Crippen molar-refractivity contribution in [3.8, 4) is 0 Å². The predicted octanol–water partition coefficient (Wildman–Crippen LogP) is 2.08. The molecule has 1 amide bonds. The molecule has 0 spiro atoms. The summed E-state index contributed by atoms with van der Waals surface area (Å²) >= 11 is 0. The number of halogens is 2. The smallest absolute Gasteiger partial charge is 0.268 e. The Morgan fingerprint density at radius 3 is 2.04 bits per heavy atom. The molecule has 1 aromatic rings. The number of carbonyl (C=O) groups excluding carboxylic acids is 1. The van der Waals surface area contributed by atoms with Crippen molar-refractivity contribution < 1.29 is 30.4 Å². The normalized spacial score (nSPS) is 17.0. The molecule has 2 rings (SSSR count). The molecule has 1 fully saturated rings. The molecule has 0 aromatic heterocycles. The van der Waals surface area contributed by atoms with Gasteiger partial charge in [0.1, 0.15) is 0 Å². The molecule has 0 aliphatic heterocycles. The monoisotopic (exact) mass is 381 g/mol. The molecule has 1 aromatic carbocycles. The standard InChI is InChI=1S/C14H17F2NO5S2/c15-14(16)23(19,20)11-8-6-10(7-9-11)13(18)17-24(21,22)12-4-2-1-3-5-12/h6-9,12,14H,1-5H2,(H,17,18). The fourth-order valence-electron chi connectivity index (χ4n) is 2.55. The van der Waals surface area contributed by atoms with E-state index >= 15 is 0 Å². The molecule has 1 saturated carbocycles. The van der Waals surface area contributed by atoms with Crippen LogP contribution in [0.4, 0.5) is 8.78 Å². The van der Waals surface area contributed by atoms with E-state index < -0.39 is 41.7 Å². The van der Waals surface area contributed by atoms with E-state index in [2.05, 4.69) is 0 Å². The Balaban J connectivity index is 2.13. The maximum Gasteiger partial charge on any atom is 0.341 e. The van der Waals surface area contributed by atoms with Gasteiger partial charge in [0.05, 0.1) is 10.1 Å². The van der Waals surface area contributed by atoms with E-state index in [9.17, 15) is 30.4 Å². The molecule has 6 nitrogen and oxygen atoms in total. The second kappa shape index (κ2) is 7.14. The van der Waals surface area contributed by atoms with Crippen LogP contribution in [0.25, 0.3) is 0 Å². The molecular weight excluding hydrogens is 364 g/mol. The minimum atomic E-state index is -4.75. The summed E-state index contributed by atoms with van der Waals surface area (Å²) < 4.78 is 73.8. The van der Waals surface area contributed by atoms with Crippen molar-refractivity contribution in [2.75, 3.05) is 0 Å². The average Bonchev–Trinajstić information content (AvgIpc) is 2.55. The number of rotatable bonds is 5. The van der Waals surface area contributed by atoms with Crippen molar-refractivity contribution in [2.45, 2.75) is 48.0 Å². The zero-order valence-electron chi connectivity index (χ0n) is 12.6. The Hall–Kier alpha value is -1.55. The van der Waals surface area contributed by atoms with Crippen LogP contribution in [-0.4, -0.2) is 33.8 Å². The van der Waals surface area contributed by atoms with Crippen LogP contribution in [-0.2, 0) is 19.9 Å². The first kappa shape index (κ1) is 18.8. The topological polar surface area (TPSA) is 97.4 Å². The van der Waals surface area contributed by atoms with Crippen molar-refractivity contribution in [2.24, 2.45) is 0 Å². The van der Waals surface area contributed by atoms with E-state index in [0.717, 1.165) is 43.5 Å². The lowest BCUT2D eigenvalue weighted by atomic mass is 10.0. The Morgan fingerprint density at radius 2 is 1.54 bits per heavy atom. The molecule has 1 aliphatic carbocycles. The molecule has 0 saturated heterocycles. The highest BCUT2D eigenvalue weighted by atomic mass is 32.2. The summed E-state index contributed by atoms with van der Waals surface area (Å²) in [6.45, 7) is 0. The molecule has 134 valence electrons. The molecule has 10 heteroatoms. The molecule has 1 N–H and O–H groups in total. The first-order chi connectivity index (χ1) is 11.1. The van der Waals surface area contributed by atoms with Crippen molar-refractivity contribution in [1.29, 1.82) is 0 Å². The number of alkyl halides is 2. The summed E-state index contributed by atoms with van der Waals surface area (Å²) in [4.78, 5) is 11.4. The van der Waals surface area contributed by atoms with Gasteiger partial charge in [-0.2, -0.15) is 8.78 Å². The van der Waals surface area contributed by atoms with Gasteiger partial charge in [0.15, 0.2) is 0 Å². The minimum absolute atomic E-state index is 0.123. The van der Waals surface area contributed by atoms with Gasteiger partial charge >= 0.3 is 5.76 Å². The lowest BCUT2D eigenvalue weighted by Crippen LogP contribution is -2.39. The van der Waals surface area contributed by atoms with Gasteiger partial charge in [0.2, 0.25) is 19.9 Å². The fraction of sp³-hybridized carbons (Fsp3) is 0.500. The van der Waals surface area contributed by atoms with Crippen molar-refractivity contribution in [3.05, 3.63) is 29.8 Å². The summed E-state index contributed by atoms with van der Waals surface area (Å²) in [5, 5.41) is -0.631. The number of amides is 1. The molecule has 1 aliphatic rings. The lowest BCUT2D eigenvalue weighted by Gasteiger charge is -2.21. The number of hydrogen-bond donors (Lipinski definition) is 1. The number of carbonyl (C=O) groups is 1. The number of benzene rings is 1. The van der Waals surface area contributed by atoms with Crippen LogP contribution in [0.5, 0.6) is 0 Å². The molecule has 0 radical (unpaired) electrons. The Bertz CT molecular complexity index is 798. The third-order valence-electron chi connectivity index (χ3n) is 3.91. The number of nitrogens with one attached hydrogen (secondary N) is 1. The third kappa shape index (κ3) is 4.10. The van der Waals surface area contributed by atoms with Gasteiger partial charge in [-0.1, -0.05) is 19.3 Å². The molecule has 0 atom stereocenters. The Kier molecular flexibility index (Phi) is 5.59. The first-order valence-corrected chi connectivity index (χ1v) is 10.4. The number of sulfone groups is 1. The molecule has 0 heterocycles. The number of hydrogen-bond acceptors (Lipinski definition) is 5. The predicted molar refractivity (Wildman–Crippen MR) is 82.9 cm³/mol. The maximum atomic E-state index is 12.4. The zero-order valence-corrected chi connectivity index (χ0v) is 14.2. The van der Waals surface area contributed by atoms with Gasteiger partial charge in [0.25, 0.3) is 5.91 Å². The highest BCUT2D eigenvalue weighted by molar-refractivity contribution is 7.91. The van der Waals surface area contributed by atoms with Gasteiger partial charge < -0.3 is 0 Å². The quantitative estimate of drug-likeness (QED) is 0.842. The maximum absolute atomic E-state index is 12.4. The van der Waals surface area contributed by atoms with Gasteiger partial charge in [-0.3, -0.25) is 4.79 Å². The van der Waals surface area contributed by atoms with Crippen molar-refractivity contribution >= 4 is 25.8 Å². The van der Waals surface area contributed by atoms with Gasteiger partial charge in [0, 0.05) is 5.56 Å². The molecular formula is C14H17F2NO5S2. The van der Waals surface area contributed by atoms with Crippen LogP contribution in [0, 0.1) is 0 Å². The highest BCUT2D eigenvalue weighted by Gasteiger charge is 2.30. The second-order valence-corrected chi connectivity index (χ2v) is 9.44. The lowest BCUT2D eigenvalue weighted by molar-refractivity contribution is 0.0980. The van der Waals surface area contributed by atoms with E-state index in [1.54, 1.807) is 0 Å². The van der Waals surface area contributed by atoms with E-state index in [-0.39, 0.29) is 5.56 Å². The molecule has 24 heavy (non-hydrogen) atoms. The van der Waals surface area contributed by atoms with Gasteiger partial charge in [-0.15, -0.1) is 0 Å². The van der Waals surface area contributed by atoms with Crippen LogP contribution >= 0.6 is 0 Å². The van der Waals surface area contributed by atoms with Crippen LogP contribution in [0.1, 0.15) is 42.5 Å². The van der Waals surface area contributed by atoms with Gasteiger partial charge in [-0.05, 0) is 37.1 Å². The molecule has 0 unspecified atom stereocenters. The first-order valence-electron chi connectivity index (χ1n) is 7.32. The Labute approximate surface area is 139 Å². The van der Waals surface area contributed by atoms with E-state index in [0.29, 0.717) is 12.8 Å². The van der Waals surface area contributed by atoms with Crippen LogP contribution < -0.4 is 4.72 Å². The summed E-state index contributed by atoms with van der Waals surface area (Å²) in [7, 11) is -8.58. The van der Waals surface area contributed by atoms with Crippen LogP contribution in [0.3, 0.4) is 0 Å². The Morgan fingerprint density at radius 1 is 1.00 bits per heavy atom. The largest absolute Gasteiger partial charge is 0.341 e. The van der Waals surface area contributed by atoms with Crippen molar-refractivity contribution in [1.82, 2.24) is 4.72 Å². The number of sulfonamides is 1. The second-order valence-electron chi connectivity index (χ2n) is 5.57. The van der Waals surface area contributed by atoms with E-state index in [1.165, 1.54) is 0 Å².